The van der Waals surface area contributed by atoms with E-state index in [1.807, 2.05) is 31.2 Å². The zero-order valence-electron chi connectivity index (χ0n) is 20.5. The van der Waals surface area contributed by atoms with Gasteiger partial charge in [-0.25, -0.2) is 4.79 Å². The van der Waals surface area contributed by atoms with Crippen molar-refractivity contribution in [3.05, 3.63) is 91.8 Å². The van der Waals surface area contributed by atoms with Gasteiger partial charge in [-0.05, 0) is 95.1 Å². The Morgan fingerprint density at radius 1 is 1.08 bits per heavy atom. The number of carbonyl (C=O) groups is 3. The molecule has 0 atom stereocenters. The third kappa shape index (κ3) is 6.59. The molecule has 0 N–H and O–H groups in total. The molecule has 0 unspecified atom stereocenters. The molecule has 38 heavy (non-hydrogen) atoms. The lowest BCUT2D eigenvalue weighted by Crippen LogP contribution is -2.32. The number of ether oxygens (including phenoxy) is 3. The van der Waals surface area contributed by atoms with E-state index in [9.17, 15) is 14.4 Å². The molecular formula is C28H23BrClNO6S. The summed E-state index contributed by atoms with van der Waals surface area (Å²) >= 11 is 10.4. The minimum absolute atomic E-state index is 0.126. The lowest BCUT2D eigenvalue weighted by Gasteiger charge is -2.14. The molecule has 1 aliphatic rings. The standard InChI is InChI=1S/C28H23BrClNO6S/c1-3-35-23-15-18(14-21(29)25(23)37-27(33)20-9-4-5-10-22(20)30)16-24-26(32)31(28(34)38-24)11-12-36-19-8-6-7-17(2)13-19/h4-10,13-16H,3,11-12H2,1-2H3/b24-16-. The van der Waals surface area contributed by atoms with Crippen molar-refractivity contribution in [3.8, 4) is 17.2 Å². The molecule has 1 heterocycles. The summed E-state index contributed by atoms with van der Waals surface area (Å²) in [5.41, 5.74) is 1.85. The number of esters is 1. The Hall–Kier alpha value is -3.27. The second kappa shape index (κ2) is 12.5. The highest BCUT2D eigenvalue weighted by Gasteiger charge is 2.35. The number of halogens is 2. The van der Waals surface area contributed by atoms with E-state index >= 15 is 0 Å². The summed E-state index contributed by atoms with van der Waals surface area (Å²) in [7, 11) is 0. The zero-order chi connectivity index (χ0) is 27.2. The number of aryl methyl sites for hydroxylation is 1. The molecule has 0 aromatic heterocycles. The van der Waals surface area contributed by atoms with Crippen molar-refractivity contribution >= 4 is 62.5 Å². The maximum Gasteiger partial charge on any atom is 0.345 e. The number of hydrogen-bond acceptors (Lipinski definition) is 7. The van der Waals surface area contributed by atoms with Crippen molar-refractivity contribution in [2.45, 2.75) is 13.8 Å². The molecule has 2 amide bonds. The average Bonchev–Trinajstić information content (AvgIpc) is 3.14. The fourth-order valence-corrected chi connectivity index (χ4v) is 5.23. The Morgan fingerprint density at radius 2 is 1.87 bits per heavy atom. The average molecular weight is 617 g/mol. The van der Waals surface area contributed by atoms with E-state index in [4.69, 9.17) is 25.8 Å². The predicted octanol–water partition coefficient (Wildman–Crippen LogP) is 7.14. The van der Waals surface area contributed by atoms with Gasteiger partial charge < -0.3 is 14.2 Å². The van der Waals surface area contributed by atoms with Crippen LogP contribution in [0.2, 0.25) is 5.02 Å². The van der Waals surface area contributed by atoms with Crippen molar-refractivity contribution in [2.75, 3.05) is 19.8 Å². The Balaban J connectivity index is 1.50. The van der Waals surface area contributed by atoms with Crippen LogP contribution in [0.5, 0.6) is 17.2 Å². The number of imide groups is 1. The number of benzene rings is 3. The Kier molecular flexibility index (Phi) is 9.14. The lowest BCUT2D eigenvalue weighted by molar-refractivity contribution is -0.123. The lowest BCUT2D eigenvalue weighted by atomic mass is 10.1. The van der Waals surface area contributed by atoms with Gasteiger partial charge in [0.25, 0.3) is 11.1 Å². The fraction of sp³-hybridized carbons (Fsp3) is 0.179. The van der Waals surface area contributed by atoms with Gasteiger partial charge in [0.05, 0.1) is 33.1 Å². The third-order valence-corrected chi connectivity index (χ3v) is 7.19. The highest BCUT2D eigenvalue weighted by molar-refractivity contribution is 9.10. The minimum Gasteiger partial charge on any atom is -0.492 e. The quantitative estimate of drug-likeness (QED) is 0.144. The number of amides is 2. The molecule has 0 radical (unpaired) electrons. The molecule has 4 rings (SSSR count). The van der Waals surface area contributed by atoms with E-state index in [-0.39, 0.29) is 39.6 Å². The summed E-state index contributed by atoms with van der Waals surface area (Å²) in [5.74, 6) is 0.0981. The van der Waals surface area contributed by atoms with Crippen LogP contribution in [0.25, 0.3) is 6.08 Å². The van der Waals surface area contributed by atoms with E-state index < -0.39 is 11.9 Å². The van der Waals surface area contributed by atoms with Crippen molar-refractivity contribution in [1.82, 2.24) is 4.90 Å². The number of nitrogens with zero attached hydrogens (tertiary/aromatic N) is 1. The second-order valence-electron chi connectivity index (χ2n) is 8.13. The first kappa shape index (κ1) is 27.8. The number of rotatable bonds is 9. The Labute approximate surface area is 237 Å². The highest BCUT2D eigenvalue weighted by atomic mass is 79.9. The van der Waals surface area contributed by atoms with E-state index in [1.54, 1.807) is 49.4 Å². The van der Waals surface area contributed by atoms with Gasteiger partial charge in [0.15, 0.2) is 11.5 Å². The first-order chi connectivity index (χ1) is 18.3. The maximum absolute atomic E-state index is 12.9. The van der Waals surface area contributed by atoms with Gasteiger partial charge in [-0.3, -0.25) is 14.5 Å². The van der Waals surface area contributed by atoms with E-state index in [1.165, 1.54) is 0 Å². The topological polar surface area (TPSA) is 82.1 Å². The summed E-state index contributed by atoms with van der Waals surface area (Å²) in [5, 5.41) is -0.105. The Bertz CT molecular complexity index is 1430. The van der Waals surface area contributed by atoms with E-state index in [0.29, 0.717) is 28.1 Å². The highest BCUT2D eigenvalue weighted by Crippen LogP contribution is 2.40. The molecule has 3 aromatic rings. The molecular weight excluding hydrogens is 594 g/mol. The molecule has 0 saturated carbocycles. The Morgan fingerprint density at radius 3 is 2.61 bits per heavy atom. The van der Waals surface area contributed by atoms with Crippen LogP contribution in [0.4, 0.5) is 4.79 Å². The van der Waals surface area contributed by atoms with Crippen LogP contribution >= 0.6 is 39.3 Å². The van der Waals surface area contributed by atoms with Gasteiger partial charge in [-0.15, -0.1) is 0 Å². The van der Waals surface area contributed by atoms with Gasteiger partial charge in [0.1, 0.15) is 12.4 Å². The van der Waals surface area contributed by atoms with Crippen molar-refractivity contribution in [2.24, 2.45) is 0 Å². The van der Waals surface area contributed by atoms with Gasteiger partial charge >= 0.3 is 5.97 Å². The van der Waals surface area contributed by atoms with Gasteiger partial charge in [-0.1, -0.05) is 35.9 Å². The smallest absolute Gasteiger partial charge is 0.345 e. The monoisotopic (exact) mass is 615 g/mol. The summed E-state index contributed by atoms with van der Waals surface area (Å²) in [6.45, 7) is 4.37. The van der Waals surface area contributed by atoms with Crippen molar-refractivity contribution in [1.29, 1.82) is 0 Å². The van der Waals surface area contributed by atoms with Crippen LogP contribution < -0.4 is 14.2 Å². The van der Waals surface area contributed by atoms with Gasteiger partial charge in [0.2, 0.25) is 0 Å². The normalized spacial score (nSPS) is 14.2. The van der Waals surface area contributed by atoms with Gasteiger partial charge in [-0.2, -0.15) is 0 Å². The zero-order valence-corrected chi connectivity index (χ0v) is 23.7. The molecule has 0 spiro atoms. The fourth-order valence-electron chi connectivity index (χ4n) is 3.61. The molecule has 0 bridgehead atoms. The SMILES string of the molecule is CCOc1cc(/C=C2\SC(=O)N(CCOc3cccc(C)c3)C2=O)cc(Br)c1OC(=O)c1ccccc1Cl. The molecule has 10 heteroatoms. The van der Waals surface area contributed by atoms with Crippen LogP contribution in [0.3, 0.4) is 0 Å². The van der Waals surface area contributed by atoms with Crippen LogP contribution in [0, 0.1) is 6.92 Å². The first-order valence-electron chi connectivity index (χ1n) is 11.6. The van der Waals surface area contributed by atoms with E-state index in [0.717, 1.165) is 22.2 Å². The van der Waals surface area contributed by atoms with Crippen LogP contribution in [-0.2, 0) is 4.79 Å². The molecule has 1 saturated heterocycles. The number of thioether (sulfide) groups is 1. The molecule has 7 nitrogen and oxygen atoms in total. The molecule has 1 aliphatic heterocycles. The summed E-state index contributed by atoms with van der Waals surface area (Å²) in [6, 6.07) is 17.4. The van der Waals surface area contributed by atoms with Crippen molar-refractivity contribution in [3.63, 3.8) is 0 Å². The summed E-state index contributed by atoms with van der Waals surface area (Å²) in [6.07, 6.45) is 1.60. The number of carbonyl (C=O) groups excluding carboxylic acids is 3. The molecule has 0 aliphatic carbocycles. The van der Waals surface area contributed by atoms with E-state index in [2.05, 4.69) is 15.9 Å². The minimum atomic E-state index is -0.640. The molecule has 3 aromatic carbocycles. The summed E-state index contributed by atoms with van der Waals surface area (Å²) < 4.78 is 17.4. The van der Waals surface area contributed by atoms with Crippen molar-refractivity contribution < 1.29 is 28.6 Å². The third-order valence-electron chi connectivity index (χ3n) is 5.36. The number of hydrogen-bond donors (Lipinski definition) is 0. The predicted molar refractivity (Wildman–Crippen MR) is 151 cm³/mol. The van der Waals surface area contributed by atoms with Crippen LogP contribution in [-0.4, -0.2) is 41.8 Å². The summed E-state index contributed by atoms with van der Waals surface area (Å²) in [4.78, 5) is 39.6. The maximum atomic E-state index is 12.9. The molecule has 1 fully saturated rings. The first-order valence-corrected chi connectivity index (χ1v) is 13.6. The molecule has 196 valence electrons. The van der Waals surface area contributed by atoms with Gasteiger partial charge in [0, 0.05) is 0 Å². The van der Waals surface area contributed by atoms with Crippen LogP contribution in [0.1, 0.15) is 28.4 Å². The largest absolute Gasteiger partial charge is 0.492 e. The second-order valence-corrected chi connectivity index (χ2v) is 10.4. The van der Waals surface area contributed by atoms with Crippen LogP contribution in [0.15, 0.2) is 70.0 Å².